The minimum atomic E-state index is 0.318. The van der Waals surface area contributed by atoms with E-state index in [1.165, 1.54) is 24.4 Å². The van der Waals surface area contributed by atoms with Gasteiger partial charge in [0, 0.05) is 57.6 Å². The Labute approximate surface area is 151 Å². The zero-order valence-corrected chi connectivity index (χ0v) is 15.9. The van der Waals surface area contributed by atoms with Crippen molar-refractivity contribution < 1.29 is 9.53 Å². The molecule has 3 rings (SSSR count). The van der Waals surface area contributed by atoms with Gasteiger partial charge in [-0.2, -0.15) is 0 Å². The first-order chi connectivity index (χ1) is 12.2. The van der Waals surface area contributed by atoms with E-state index in [1.807, 2.05) is 6.20 Å². The van der Waals surface area contributed by atoms with Crippen molar-refractivity contribution in [1.29, 1.82) is 0 Å². The number of methoxy groups -OCH3 is 1. The molecule has 1 saturated heterocycles. The van der Waals surface area contributed by atoms with Gasteiger partial charge in [-0.25, -0.2) is 4.98 Å². The highest BCUT2D eigenvalue weighted by Crippen LogP contribution is 2.29. The van der Waals surface area contributed by atoms with E-state index in [-0.39, 0.29) is 0 Å². The molecular formula is C20H33N3O2. The van der Waals surface area contributed by atoms with Crippen LogP contribution in [0, 0.1) is 18.8 Å². The molecule has 2 aliphatic rings. The fourth-order valence-electron chi connectivity index (χ4n) is 4.39. The zero-order chi connectivity index (χ0) is 17.6. The van der Waals surface area contributed by atoms with Gasteiger partial charge in [0.25, 0.3) is 0 Å². The minimum Gasteiger partial charge on any atom is -0.385 e. The third-order valence-corrected chi connectivity index (χ3v) is 5.97. The van der Waals surface area contributed by atoms with Crippen LogP contribution in [0.2, 0.25) is 0 Å². The number of carbonyl (C=O) groups excluding carboxylic acids is 1. The fraction of sp³-hybridized carbons (Fsp3) is 0.800. The van der Waals surface area contributed by atoms with E-state index in [0.29, 0.717) is 17.7 Å². The number of likely N-dealkylation sites (tertiary alicyclic amines) is 1. The molecule has 140 valence electrons. The molecule has 1 aliphatic heterocycles. The fourth-order valence-corrected chi connectivity index (χ4v) is 4.39. The lowest BCUT2D eigenvalue weighted by atomic mass is 9.92. The van der Waals surface area contributed by atoms with Crippen LogP contribution in [0.15, 0.2) is 6.20 Å². The molecule has 2 heterocycles. The van der Waals surface area contributed by atoms with E-state index >= 15 is 0 Å². The Morgan fingerprint density at radius 1 is 1.24 bits per heavy atom. The van der Waals surface area contributed by atoms with Crippen LogP contribution in [0.25, 0.3) is 0 Å². The van der Waals surface area contributed by atoms with Crippen molar-refractivity contribution >= 4 is 5.91 Å². The van der Waals surface area contributed by atoms with Gasteiger partial charge < -0.3 is 14.2 Å². The first-order valence-corrected chi connectivity index (χ1v) is 9.97. The van der Waals surface area contributed by atoms with Crippen LogP contribution in [0.4, 0.5) is 0 Å². The van der Waals surface area contributed by atoms with E-state index in [1.54, 1.807) is 7.11 Å². The Kier molecular flexibility index (Phi) is 6.51. The molecule has 0 radical (unpaired) electrons. The van der Waals surface area contributed by atoms with Crippen molar-refractivity contribution in [3.8, 4) is 0 Å². The predicted octanol–water partition coefficient (Wildman–Crippen LogP) is 3.20. The van der Waals surface area contributed by atoms with Gasteiger partial charge in [0.05, 0.1) is 0 Å². The first-order valence-electron chi connectivity index (χ1n) is 9.97. The number of carbonyl (C=O) groups is 1. The van der Waals surface area contributed by atoms with Gasteiger partial charge >= 0.3 is 0 Å². The highest BCUT2D eigenvalue weighted by Gasteiger charge is 2.30. The van der Waals surface area contributed by atoms with Gasteiger partial charge in [0.1, 0.15) is 5.82 Å². The molecule has 0 atom stereocenters. The average molecular weight is 348 g/mol. The quantitative estimate of drug-likeness (QED) is 0.712. The number of imidazole rings is 1. The van der Waals surface area contributed by atoms with Crippen LogP contribution in [0.1, 0.15) is 56.5 Å². The minimum absolute atomic E-state index is 0.318. The molecule has 5 nitrogen and oxygen atoms in total. The van der Waals surface area contributed by atoms with E-state index in [4.69, 9.17) is 4.74 Å². The summed E-state index contributed by atoms with van der Waals surface area (Å²) in [4.78, 5) is 19.3. The number of nitrogens with zero attached hydrogens (tertiary/aromatic N) is 3. The van der Waals surface area contributed by atoms with Crippen molar-refractivity contribution in [2.45, 2.75) is 64.8 Å². The predicted molar refractivity (Wildman–Crippen MR) is 98.4 cm³/mol. The van der Waals surface area contributed by atoms with Gasteiger partial charge in [-0.1, -0.05) is 12.8 Å². The lowest BCUT2D eigenvalue weighted by Crippen LogP contribution is -2.41. The number of hydrogen-bond acceptors (Lipinski definition) is 3. The molecule has 0 spiro atoms. The summed E-state index contributed by atoms with van der Waals surface area (Å²) < 4.78 is 7.52. The molecule has 0 aromatic carbocycles. The van der Waals surface area contributed by atoms with Crippen LogP contribution >= 0.6 is 0 Å². The molecule has 0 unspecified atom stereocenters. The van der Waals surface area contributed by atoms with Crippen molar-refractivity contribution in [1.82, 2.24) is 14.5 Å². The van der Waals surface area contributed by atoms with E-state index in [9.17, 15) is 4.79 Å². The summed E-state index contributed by atoms with van der Waals surface area (Å²) in [6.07, 6.45) is 11.0. The Balaban J connectivity index is 1.49. The summed E-state index contributed by atoms with van der Waals surface area (Å²) in [7, 11) is 1.75. The standard InChI is InChI=1S/C20H33N3O2/c1-16-15-21-19(23(16)10-5-13-25-2)14-17-8-11-22(12-9-17)20(24)18-6-3-4-7-18/h15,17-18H,3-14H2,1-2H3. The third-order valence-electron chi connectivity index (χ3n) is 5.97. The molecule has 1 aliphatic carbocycles. The van der Waals surface area contributed by atoms with Crippen LogP contribution in [0.5, 0.6) is 0 Å². The smallest absolute Gasteiger partial charge is 0.225 e. The van der Waals surface area contributed by atoms with Crippen LogP contribution in [-0.4, -0.2) is 47.2 Å². The summed E-state index contributed by atoms with van der Waals surface area (Å²) >= 11 is 0. The molecule has 1 aromatic rings. The largest absolute Gasteiger partial charge is 0.385 e. The van der Waals surface area contributed by atoms with Crippen LogP contribution in [-0.2, 0) is 22.5 Å². The van der Waals surface area contributed by atoms with Crippen molar-refractivity contribution in [3.05, 3.63) is 17.7 Å². The van der Waals surface area contributed by atoms with Crippen molar-refractivity contribution in [2.75, 3.05) is 26.8 Å². The van der Waals surface area contributed by atoms with Gasteiger partial charge in [0.15, 0.2) is 0 Å². The molecule has 0 bridgehead atoms. The molecule has 1 aromatic heterocycles. The maximum atomic E-state index is 12.6. The van der Waals surface area contributed by atoms with E-state index < -0.39 is 0 Å². The molecule has 5 heteroatoms. The summed E-state index contributed by atoms with van der Waals surface area (Å²) in [6.45, 7) is 5.77. The van der Waals surface area contributed by atoms with Crippen LogP contribution < -0.4 is 0 Å². The third kappa shape index (κ3) is 4.63. The summed E-state index contributed by atoms with van der Waals surface area (Å²) in [6, 6.07) is 0. The maximum Gasteiger partial charge on any atom is 0.225 e. The van der Waals surface area contributed by atoms with Gasteiger partial charge in [0.2, 0.25) is 5.91 Å². The number of hydrogen-bond donors (Lipinski definition) is 0. The van der Waals surface area contributed by atoms with E-state index in [0.717, 1.165) is 64.8 Å². The van der Waals surface area contributed by atoms with E-state index in [2.05, 4.69) is 21.4 Å². The lowest BCUT2D eigenvalue weighted by molar-refractivity contribution is -0.136. The SMILES string of the molecule is COCCCn1c(C)cnc1CC1CCN(C(=O)C2CCCC2)CC1. The Morgan fingerprint density at radius 2 is 1.96 bits per heavy atom. The number of aromatic nitrogens is 2. The van der Waals surface area contributed by atoms with Crippen molar-refractivity contribution in [2.24, 2.45) is 11.8 Å². The summed E-state index contributed by atoms with van der Waals surface area (Å²) in [5, 5.41) is 0. The number of ether oxygens (including phenoxy) is 1. The second-order valence-electron chi connectivity index (χ2n) is 7.77. The molecular weight excluding hydrogens is 314 g/mol. The topological polar surface area (TPSA) is 47.4 Å². The van der Waals surface area contributed by atoms with Gasteiger partial charge in [-0.15, -0.1) is 0 Å². The molecule has 0 N–H and O–H groups in total. The molecule has 1 saturated carbocycles. The summed E-state index contributed by atoms with van der Waals surface area (Å²) in [5.41, 5.74) is 1.24. The normalized spacial score (nSPS) is 19.7. The number of amides is 1. The monoisotopic (exact) mass is 347 g/mol. The number of piperidine rings is 1. The first kappa shape index (κ1) is 18.4. The van der Waals surface area contributed by atoms with Crippen molar-refractivity contribution in [3.63, 3.8) is 0 Å². The number of aryl methyl sites for hydroxylation is 1. The Bertz CT molecular complexity index is 555. The molecule has 1 amide bonds. The maximum absolute atomic E-state index is 12.6. The summed E-state index contributed by atoms with van der Waals surface area (Å²) in [5.74, 6) is 2.59. The Hall–Kier alpha value is -1.36. The second-order valence-corrected chi connectivity index (χ2v) is 7.77. The average Bonchev–Trinajstić information content (AvgIpc) is 3.27. The highest BCUT2D eigenvalue weighted by molar-refractivity contribution is 5.79. The van der Waals surface area contributed by atoms with Gasteiger partial charge in [-0.05, 0) is 44.9 Å². The number of rotatable bonds is 7. The molecule has 25 heavy (non-hydrogen) atoms. The highest BCUT2D eigenvalue weighted by atomic mass is 16.5. The lowest BCUT2D eigenvalue weighted by Gasteiger charge is -2.33. The second kappa shape index (κ2) is 8.84. The van der Waals surface area contributed by atoms with Gasteiger partial charge in [-0.3, -0.25) is 4.79 Å². The Morgan fingerprint density at radius 3 is 2.64 bits per heavy atom. The zero-order valence-electron chi connectivity index (χ0n) is 15.9. The van der Waals surface area contributed by atoms with Crippen LogP contribution in [0.3, 0.4) is 0 Å². The molecule has 2 fully saturated rings.